The fraction of sp³-hybridized carbons (Fsp3) is 1.00. The maximum absolute atomic E-state index is 2.46. The van der Waals surface area contributed by atoms with Crippen molar-refractivity contribution in [1.29, 1.82) is 0 Å². The summed E-state index contributed by atoms with van der Waals surface area (Å²) in [5.41, 5.74) is 0.926. The molecule has 0 aliphatic rings. The summed E-state index contributed by atoms with van der Waals surface area (Å²) in [6.07, 6.45) is 5.30. The number of rotatable bonds is 6. The lowest BCUT2D eigenvalue weighted by molar-refractivity contribution is 0.0280. The molecule has 0 nitrogen and oxygen atoms in total. The molecule has 0 aromatic heterocycles. The van der Waals surface area contributed by atoms with Gasteiger partial charge in [0.2, 0.25) is 0 Å². The fourth-order valence-electron chi connectivity index (χ4n) is 2.43. The summed E-state index contributed by atoms with van der Waals surface area (Å²) in [5, 5.41) is 0. The molecule has 0 bridgehead atoms. The normalized spacial score (nSPS) is 14.1. The molecule has 0 heteroatoms. The zero-order valence-electron chi connectivity index (χ0n) is 13.4. The molecule has 0 N–H and O–H groups in total. The molecule has 0 amide bonds. The Morgan fingerprint density at radius 1 is 0.875 bits per heavy atom. The third-order valence-electron chi connectivity index (χ3n) is 4.78. The highest BCUT2D eigenvalue weighted by molar-refractivity contribution is 4.89. The average Bonchev–Trinajstić information content (AvgIpc) is 2.28. The van der Waals surface area contributed by atoms with Gasteiger partial charge in [0.05, 0.1) is 0 Å². The summed E-state index contributed by atoms with van der Waals surface area (Å²) in [5.74, 6) is 0.877. The molecule has 0 aromatic rings. The lowest BCUT2D eigenvalue weighted by Crippen LogP contribution is -2.38. The monoisotopic (exact) mass is 228 g/mol. The molecule has 0 fully saturated rings. The van der Waals surface area contributed by atoms with E-state index in [1.54, 1.807) is 0 Å². The van der Waals surface area contributed by atoms with Gasteiger partial charge in [-0.25, -0.2) is 0 Å². The Labute approximate surface area is 105 Å². The molecule has 0 aromatic carbocycles. The van der Waals surface area contributed by atoms with Gasteiger partial charge in [-0.15, -0.1) is 0 Å². The van der Waals surface area contributed by atoms with Crippen molar-refractivity contribution in [1.82, 2.24) is 0 Å². The van der Waals surface area contributed by atoms with Crippen LogP contribution in [0, 0.1) is 16.7 Å². The van der Waals surface area contributed by atoms with E-state index < -0.39 is 0 Å². The third kappa shape index (κ3) is 4.47. The second-order valence-electron chi connectivity index (χ2n) is 5.85. The molecular formula is C16H36. The van der Waals surface area contributed by atoms with Crippen LogP contribution in [0.4, 0.5) is 0 Å². The lowest BCUT2D eigenvalue weighted by Gasteiger charge is -2.47. The van der Waals surface area contributed by atoms with Gasteiger partial charge in [-0.1, -0.05) is 88.0 Å². The highest BCUT2D eigenvalue weighted by Gasteiger charge is 2.40. The van der Waals surface area contributed by atoms with Crippen LogP contribution in [0.1, 0.15) is 88.0 Å². The van der Waals surface area contributed by atoms with Gasteiger partial charge in [-0.05, 0) is 16.7 Å². The van der Waals surface area contributed by atoms with Crippen molar-refractivity contribution in [3.63, 3.8) is 0 Å². The highest BCUT2D eigenvalue weighted by atomic mass is 14.4. The van der Waals surface area contributed by atoms with Crippen LogP contribution in [-0.2, 0) is 0 Å². The quantitative estimate of drug-likeness (QED) is 0.500. The molecule has 16 heavy (non-hydrogen) atoms. The van der Waals surface area contributed by atoms with Crippen LogP contribution in [0.5, 0.6) is 0 Å². The average molecular weight is 228 g/mol. The van der Waals surface area contributed by atoms with Crippen molar-refractivity contribution in [3.8, 4) is 0 Å². The first-order valence-corrected chi connectivity index (χ1v) is 7.33. The van der Waals surface area contributed by atoms with Crippen LogP contribution < -0.4 is 0 Å². The minimum atomic E-state index is 0.461. The zero-order valence-corrected chi connectivity index (χ0v) is 13.4. The van der Waals surface area contributed by atoms with Gasteiger partial charge < -0.3 is 0 Å². The van der Waals surface area contributed by atoms with Crippen molar-refractivity contribution in [3.05, 3.63) is 0 Å². The molecule has 0 aliphatic heterocycles. The van der Waals surface area contributed by atoms with Gasteiger partial charge in [0.15, 0.2) is 0 Å². The van der Waals surface area contributed by atoms with E-state index in [1.165, 1.54) is 25.7 Å². The predicted molar refractivity (Wildman–Crippen MR) is 77.9 cm³/mol. The Kier molecular flexibility index (Phi) is 9.35. The molecule has 0 radical (unpaired) electrons. The third-order valence-corrected chi connectivity index (χ3v) is 4.78. The Morgan fingerprint density at radius 3 is 1.56 bits per heavy atom. The van der Waals surface area contributed by atoms with Gasteiger partial charge in [0, 0.05) is 0 Å². The number of hydrogen-bond donors (Lipinski definition) is 0. The summed E-state index contributed by atoms with van der Waals surface area (Å²) < 4.78 is 0. The molecule has 1 unspecified atom stereocenters. The van der Waals surface area contributed by atoms with Crippen molar-refractivity contribution < 1.29 is 0 Å². The molecule has 0 heterocycles. The summed E-state index contributed by atoms with van der Waals surface area (Å²) in [4.78, 5) is 0. The van der Waals surface area contributed by atoms with E-state index >= 15 is 0 Å². The van der Waals surface area contributed by atoms with Gasteiger partial charge in [0.1, 0.15) is 0 Å². The van der Waals surface area contributed by atoms with E-state index in [0.29, 0.717) is 10.8 Å². The van der Waals surface area contributed by atoms with Crippen molar-refractivity contribution in [2.75, 3.05) is 0 Å². The first-order valence-electron chi connectivity index (χ1n) is 7.33. The molecule has 1 atom stereocenters. The second kappa shape index (κ2) is 8.14. The summed E-state index contributed by atoms with van der Waals surface area (Å²) >= 11 is 0. The van der Waals surface area contributed by atoms with E-state index in [0.717, 1.165) is 5.92 Å². The SMILES string of the molecule is CC.CCCC(CC)C(C)(C)C(C)(C)CC. The van der Waals surface area contributed by atoms with Crippen molar-refractivity contribution >= 4 is 0 Å². The van der Waals surface area contributed by atoms with E-state index in [1.807, 2.05) is 13.8 Å². The highest BCUT2D eigenvalue weighted by Crippen LogP contribution is 2.49. The smallest absolute Gasteiger partial charge is 0.0275 e. The van der Waals surface area contributed by atoms with Crippen LogP contribution in [0.25, 0.3) is 0 Å². The zero-order chi connectivity index (χ0) is 13.4. The maximum Gasteiger partial charge on any atom is -0.0275 e. The van der Waals surface area contributed by atoms with Crippen molar-refractivity contribution in [2.45, 2.75) is 88.0 Å². The van der Waals surface area contributed by atoms with E-state index in [-0.39, 0.29) is 0 Å². The predicted octanol–water partition coefficient (Wildman–Crippen LogP) is 6.30. The summed E-state index contributed by atoms with van der Waals surface area (Å²) in [6, 6.07) is 0. The van der Waals surface area contributed by atoms with Gasteiger partial charge in [0.25, 0.3) is 0 Å². The molecule has 100 valence electrons. The Hall–Kier alpha value is 0. The van der Waals surface area contributed by atoms with Crippen LogP contribution >= 0.6 is 0 Å². The molecule has 0 spiro atoms. The largest absolute Gasteiger partial charge is 0.0683 e. The van der Waals surface area contributed by atoms with Gasteiger partial charge in [-0.3, -0.25) is 0 Å². The van der Waals surface area contributed by atoms with E-state index in [2.05, 4.69) is 48.5 Å². The number of hydrogen-bond acceptors (Lipinski definition) is 0. The lowest BCUT2D eigenvalue weighted by atomic mass is 9.58. The Morgan fingerprint density at radius 2 is 1.31 bits per heavy atom. The van der Waals surface area contributed by atoms with Crippen LogP contribution in [0.2, 0.25) is 0 Å². The van der Waals surface area contributed by atoms with Crippen molar-refractivity contribution in [2.24, 2.45) is 16.7 Å². The van der Waals surface area contributed by atoms with Gasteiger partial charge in [-0.2, -0.15) is 0 Å². The van der Waals surface area contributed by atoms with E-state index in [9.17, 15) is 0 Å². The Balaban J connectivity index is 0. The molecule has 0 aliphatic carbocycles. The minimum Gasteiger partial charge on any atom is -0.0683 e. The summed E-state index contributed by atoms with van der Waals surface area (Å²) in [6.45, 7) is 20.7. The Bertz CT molecular complexity index is 153. The fourth-order valence-corrected chi connectivity index (χ4v) is 2.43. The minimum absolute atomic E-state index is 0.461. The molecule has 0 rings (SSSR count). The topological polar surface area (TPSA) is 0 Å². The van der Waals surface area contributed by atoms with Gasteiger partial charge >= 0.3 is 0 Å². The standard InChI is InChI=1S/C14H30.C2H6/c1-8-11-12(9-2)14(6,7)13(4,5)10-3;1-2/h12H,8-11H2,1-7H3;1-2H3. The molecular weight excluding hydrogens is 192 g/mol. The maximum atomic E-state index is 2.46. The van der Waals surface area contributed by atoms with Crippen LogP contribution in [0.3, 0.4) is 0 Å². The molecule has 0 saturated carbocycles. The van der Waals surface area contributed by atoms with E-state index in [4.69, 9.17) is 0 Å². The van der Waals surface area contributed by atoms with Crippen LogP contribution in [-0.4, -0.2) is 0 Å². The second-order valence-corrected chi connectivity index (χ2v) is 5.85. The van der Waals surface area contributed by atoms with Crippen LogP contribution in [0.15, 0.2) is 0 Å². The molecule has 0 saturated heterocycles. The first-order chi connectivity index (χ1) is 7.33. The first kappa shape index (κ1) is 18.4. The summed E-state index contributed by atoms with van der Waals surface area (Å²) in [7, 11) is 0.